The largest absolute Gasteiger partial charge is 0.494 e. The number of hydrogen-bond donors (Lipinski definition) is 0. The summed E-state index contributed by atoms with van der Waals surface area (Å²) in [4.78, 5) is 0. The molecule has 0 amide bonds. The van der Waals surface area contributed by atoms with Crippen molar-refractivity contribution in [1.82, 2.24) is 0 Å². The second-order valence-electron chi connectivity index (χ2n) is 7.63. The molecule has 0 aromatic heterocycles. The zero-order chi connectivity index (χ0) is 17.3. The fourth-order valence-corrected chi connectivity index (χ4v) is 4.61. The van der Waals surface area contributed by atoms with Gasteiger partial charge in [0.05, 0.1) is 15.9 Å². The number of rotatable bonds is 3. The van der Waals surface area contributed by atoms with Crippen LogP contribution in [0.5, 0.6) is 0 Å². The highest BCUT2D eigenvalue weighted by atomic mass is 35.5. The first-order valence-electron chi connectivity index (χ1n) is 7.74. The SMILES string of the molecule is CC1(C)OB(c2cc(Cl)cc(C3(S(C)(=O)=O)CC3)c2)OC1(C)C. The van der Waals surface area contributed by atoms with Gasteiger partial charge in [-0.2, -0.15) is 0 Å². The average Bonchev–Trinajstić information content (AvgIpc) is 3.13. The van der Waals surface area contributed by atoms with E-state index in [0.717, 1.165) is 11.0 Å². The van der Waals surface area contributed by atoms with Crippen LogP contribution in [0.25, 0.3) is 0 Å². The van der Waals surface area contributed by atoms with Gasteiger partial charge < -0.3 is 9.31 Å². The molecule has 126 valence electrons. The van der Waals surface area contributed by atoms with Crippen molar-refractivity contribution in [3.63, 3.8) is 0 Å². The summed E-state index contributed by atoms with van der Waals surface area (Å²) >= 11 is 6.25. The second kappa shape index (κ2) is 4.98. The van der Waals surface area contributed by atoms with Crippen LogP contribution in [0, 0.1) is 0 Å². The fourth-order valence-electron chi connectivity index (χ4n) is 2.98. The highest BCUT2D eigenvalue weighted by Gasteiger charge is 2.55. The molecule has 0 bridgehead atoms. The smallest absolute Gasteiger partial charge is 0.399 e. The normalized spacial score (nSPS) is 24.7. The molecule has 1 aromatic rings. The van der Waals surface area contributed by atoms with Gasteiger partial charge in [0.1, 0.15) is 0 Å². The topological polar surface area (TPSA) is 52.6 Å². The van der Waals surface area contributed by atoms with E-state index in [1.54, 1.807) is 12.1 Å². The summed E-state index contributed by atoms with van der Waals surface area (Å²) in [5, 5.41) is 0.502. The van der Waals surface area contributed by atoms with Crippen molar-refractivity contribution >= 4 is 34.0 Å². The highest BCUT2D eigenvalue weighted by Crippen LogP contribution is 2.52. The Morgan fingerprint density at radius 2 is 1.57 bits per heavy atom. The monoisotopic (exact) mass is 356 g/mol. The molecule has 4 nitrogen and oxygen atoms in total. The second-order valence-corrected chi connectivity index (χ2v) is 10.4. The number of benzene rings is 1. The number of halogens is 1. The summed E-state index contributed by atoms with van der Waals surface area (Å²) in [7, 11) is -3.74. The lowest BCUT2D eigenvalue weighted by atomic mass is 9.78. The molecule has 1 saturated heterocycles. The predicted molar refractivity (Wildman–Crippen MR) is 92.9 cm³/mol. The van der Waals surface area contributed by atoms with Crippen molar-refractivity contribution < 1.29 is 17.7 Å². The maximum absolute atomic E-state index is 12.2. The van der Waals surface area contributed by atoms with Gasteiger partial charge in [-0.15, -0.1) is 0 Å². The first-order chi connectivity index (χ1) is 10.4. The molecule has 1 aliphatic heterocycles. The zero-order valence-corrected chi connectivity index (χ0v) is 15.7. The molecule has 0 spiro atoms. The molecule has 0 N–H and O–H groups in total. The molecule has 1 aliphatic carbocycles. The van der Waals surface area contributed by atoms with Crippen LogP contribution < -0.4 is 5.46 Å². The lowest BCUT2D eigenvalue weighted by Gasteiger charge is -2.32. The van der Waals surface area contributed by atoms with E-state index in [9.17, 15) is 8.42 Å². The number of hydrogen-bond acceptors (Lipinski definition) is 4. The molecule has 0 unspecified atom stereocenters. The molecule has 1 saturated carbocycles. The first-order valence-corrected chi connectivity index (χ1v) is 10.0. The van der Waals surface area contributed by atoms with Gasteiger partial charge in [-0.3, -0.25) is 0 Å². The van der Waals surface area contributed by atoms with E-state index in [-0.39, 0.29) is 0 Å². The van der Waals surface area contributed by atoms with Gasteiger partial charge >= 0.3 is 7.12 Å². The predicted octanol–water partition coefficient (Wildman–Crippen LogP) is 2.67. The van der Waals surface area contributed by atoms with E-state index in [1.807, 2.05) is 33.8 Å². The number of sulfone groups is 1. The van der Waals surface area contributed by atoms with Gasteiger partial charge in [0, 0.05) is 11.3 Å². The van der Waals surface area contributed by atoms with Crippen molar-refractivity contribution in [3.8, 4) is 0 Å². The summed E-state index contributed by atoms with van der Waals surface area (Å²) in [6.07, 6.45) is 2.55. The molecule has 0 atom stereocenters. The van der Waals surface area contributed by atoms with Crippen LogP contribution in [-0.2, 0) is 23.9 Å². The minimum Gasteiger partial charge on any atom is -0.399 e. The first kappa shape index (κ1) is 17.3. The van der Waals surface area contributed by atoms with Crippen LogP contribution >= 0.6 is 11.6 Å². The summed E-state index contributed by atoms with van der Waals surface area (Å²) in [6, 6.07) is 5.39. The van der Waals surface area contributed by atoms with Crippen LogP contribution in [0.15, 0.2) is 18.2 Å². The molecule has 2 aliphatic rings. The molecule has 3 rings (SSSR count). The Hall–Kier alpha value is -0.555. The Morgan fingerprint density at radius 3 is 2.00 bits per heavy atom. The molecular weight excluding hydrogens is 335 g/mol. The Morgan fingerprint density at radius 1 is 1.04 bits per heavy atom. The van der Waals surface area contributed by atoms with Crippen LogP contribution in [0.2, 0.25) is 5.02 Å². The van der Waals surface area contributed by atoms with Crippen LogP contribution in [0.4, 0.5) is 0 Å². The Bertz CT molecular complexity index is 737. The summed E-state index contributed by atoms with van der Waals surface area (Å²) in [5.74, 6) is 0. The summed E-state index contributed by atoms with van der Waals surface area (Å²) in [5.41, 5.74) is 0.598. The highest BCUT2D eigenvalue weighted by molar-refractivity contribution is 7.92. The van der Waals surface area contributed by atoms with E-state index in [4.69, 9.17) is 20.9 Å². The van der Waals surface area contributed by atoms with Crippen molar-refractivity contribution in [2.24, 2.45) is 0 Å². The van der Waals surface area contributed by atoms with E-state index in [1.165, 1.54) is 6.26 Å². The van der Waals surface area contributed by atoms with Gasteiger partial charge in [0.2, 0.25) is 0 Å². The van der Waals surface area contributed by atoms with E-state index >= 15 is 0 Å². The minimum atomic E-state index is -3.19. The fraction of sp³-hybridized carbons (Fsp3) is 0.625. The van der Waals surface area contributed by atoms with E-state index < -0.39 is 32.9 Å². The van der Waals surface area contributed by atoms with E-state index in [0.29, 0.717) is 17.9 Å². The average molecular weight is 357 g/mol. The Balaban J connectivity index is 2.01. The van der Waals surface area contributed by atoms with Gasteiger partial charge in [0.15, 0.2) is 9.84 Å². The van der Waals surface area contributed by atoms with Crippen molar-refractivity contribution in [3.05, 3.63) is 28.8 Å². The Labute approximate surface area is 143 Å². The zero-order valence-electron chi connectivity index (χ0n) is 14.1. The Kier molecular flexibility index (Phi) is 3.74. The quantitative estimate of drug-likeness (QED) is 0.781. The maximum atomic E-state index is 12.2. The molecule has 7 heteroatoms. The van der Waals surface area contributed by atoms with Crippen molar-refractivity contribution in [2.75, 3.05) is 6.26 Å². The van der Waals surface area contributed by atoms with Gasteiger partial charge in [-0.1, -0.05) is 17.7 Å². The summed E-state index contributed by atoms with van der Waals surface area (Å²) < 4.78 is 35.6. The maximum Gasteiger partial charge on any atom is 0.494 e. The standard InChI is InChI=1S/C16H22BClO4S/c1-14(2)15(3,4)22-17(21-14)12-8-11(9-13(18)10-12)16(6-7-16)23(5,19)20/h8-10H,6-7H2,1-5H3. The van der Waals surface area contributed by atoms with Crippen LogP contribution in [0.1, 0.15) is 46.1 Å². The molecule has 23 heavy (non-hydrogen) atoms. The van der Waals surface area contributed by atoms with Gasteiger partial charge in [-0.25, -0.2) is 8.42 Å². The lowest BCUT2D eigenvalue weighted by molar-refractivity contribution is 0.00578. The summed E-state index contributed by atoms with van der Waals surface area (Å²) in [6.45, 7) is 7.93. The third kappa shape index (κ3) is 2.74. The molecule has 0 radical (unpaired) electrons. The third-order valence-electron chi connectivity index (χ3n) is 5.39. The molecule has 1 aromatic carbocycles. The van der Waals surface area contributed by atoms with Crippen molar-refractivity contribution in [2.45, 2.75) is 56.5 Å². The van der Waals surface area contributed by atoms with Gasteiger partial charge in [0.25, 0.3) is 0 Å². The molecular formula is C16H22BClO4S. The molecule has 1 heterocycles. The van der Waals surface area contributed by atoms with E-state index in [2.05, 4.69) is 0 Å². The van der Waals surface area contributed by atoms with Crippen LogP contribution in [-0.4, -0.2) is 33.0 Å². The van der Waals surface area contributed by atoms with Gasteiger partial charge in [-0.05, 0) is 63.7 Å². The van der Waals surface area contributed by atoms with Crippen molar-refractivity contribution in [1.29, 1.82) is 0 Å². The molecule has 2 fully saturated rings. The lowest BCUT2D eigenvalue weighted by Crippen LogP contribution is -2.41. The minimum absolute atomic E-state index is 0.450. The van der Waals surface area contributed by atoms with Crippen LogP contribution in [0.3, 0.4) is 0 Å². The third-order valence-corrected chi connectivity index (χ3v) is 7.67.